The summed E-state index contributed by atoms with van der Waals surface area (Å²) in [6.45, 7) is 6.77. The zero-order valence-corrected chi connectivity index (χ0v) is 15.0. The highest BCUT2D eigenvalue weighted by Gasteiger charge is 2.31. The number of carbonyl (C=O) groups is 1. The SMILES string of the molecule is CCC[N+](CCN)(CCN)CC1=Cc2cccc3cccc(c23)C1=O. The summed E-state index contributed by atoms with van der Waals surface area (Å²) in [5.41, 5.74) is 14.6. The second-order valence-electron chi connectivity index (χ2n) is 7.00. The van der Waals surface area contributed by atoms with Gasteiger partial charge in [0.2, 0.25) is 0 Å². The molecular formula is C21H28N3O+. The molecule has 0 saturated heterocycles. The van der Waals surface area contributed by atoms with Crippen molar-refractivity contribution in [3.63, 3.8) is 0 Å². The van der Waals surface area contributed by atoms with Crippen LogP contribution in [-0.2, 0) is 0 Å². The van der Waals surface area contributed by atoms with Crippen LogP contribution >= 0.6 is 0 Å². The van der Waals surface area contributed by atoms with Crippen molar-refractivity contribution >= 4 is 22.6 Å². The van der Waals surface area contributed by atoms with E-state index in [2.05, 4.69) is 37.3 Å². The molecule has 0 radical (unpaired) electrons. The molecule has 0 fully saturated rings. The Morgan fingerprint density at radius 2 is 1.64 bits per heavy atom. The van der Waals surface area contributed by atoms with E-state index in [1.54, 1.807) is 0 Å². The lowest BCUT2D eigenvalue weighted by Gasteiger charge is -2.39. The lowest BCUT2D eigenvalue weighted by atomic mass is 9.87. The van der Waals surface area contributed by atoms with Gasteiger partial charge in [-0.3, -0.25) is 4.79 Å². The first-order valence-electron chi connectivity index (χ1n) is 9.16. The van der Waals surface area contributed by atoms with Gasteiger partial charge < -0.3 is 16.0 Å². The van der Waals surface area contributed by atoms with Crippen LogP contribution in [0.3, 0.4) is 0 Å². The van der Waals surface area contributed by atoms with E-state index in [0.717, 1.165) is 58.0 Å². The van der Waals surface area contributed by atoms with Crippen molar-refractivity contribution in [2.45, 2.75) is 13.3 Å². The molecule has 2 aromatic carbocycles. The minimum absolute atomic E-state index is 0.150. The molecule has 0 unspecified atom stereocenters. The number of hydrogen-bond acceptors (Lipinski definition) is 3. The number of hydrogen-bond donors (Lipinski definition) is 2. The molecule has 4 nitrogen and oxygen atoms in total. The Bertz CT molecular complexity index is 788. The molecular weight excluding hydrogens is 310 g/mol. The van der Waals surface area contributed by atoms with Gasteiger partial charge in [0.25, 0.3) is 0 Å². The van der Waals surface area contributed by atoms with E-state index in [4.69, 9.17) is 11.5 Å². The van der Waals surface area contributed by atoms with Gasteiger partial charge in [0.1, 0.15) is 6.54 Å². The third-order valence-corrected chi connectivity index (χ3v) is 5.21. The standard InChI is InChI=1S/C21H28N3O/c1-2-11-24(12-9-22,13-10-23)15-18-14-17-7-3-5-16-6-4-8-19(20(16)17)21(18)25/h3-8,14H,2,9-13,15,22-23H2,1H3/q+1. The third-order valence-electron chi connectivity index (χ3n) is 5.21. The number of Topliss-reactive ketones (excluding diaryl/α,β-unsaturated/α-hetero) is 1. The van der Waals surface area contributed by atoms with Crippen LogP contribution in [0.2, 0.25) is 0 Å². The lowest BCUT2D eigenvalue weighted by molar-refractivity contribution is -0.920. The minimum atomic E-state index is 0.150. The first-order chi connectivity index (χ1) is 12.1. The Morgan fingerprint density at radius 1 is 0.960 bits per heavy atom. The maximum absolute atomic E-state index is 13.2. The molecule has 132 valence electrons. The van der Waals surface area contributed by atoms with E-state index in [-0.39, 0.29) is 5.78 Å². The molecule has 4 heteroatoms. The highest BCUT2D eigenvalue weighted by Crippen LogP contribution is 2.32. The molecule has 0 amide bonds. The molecule has 0 aromatic heterocycles. The van der Waals surface area contributed by atoms with Crippen LogP contribution in [0.25, 0.3) is 16.8 Å². The molecule has 0 aliphatic heterocycles. The third kappa shape index (κ3) is 3.38. The molecule has 0 bridgehead atoms. The van der Waals surface area contributed by atoms with E-state index >= 15 is 0 Å². The lowest BCUT2D eigenvalue weighted by Crippen LogP contribution is -2.55. The molecule has 4 N–H and O–H groups in total. The molecule has 0 saturated carbocycles. The van der Waals surface area contributed by atoms with E-state index in [0.29, 0.717) is 19.6 Å². The monoisotopic (exact) mass is 338 g/mol. The maximum Gasteiger partial charge on any atom is 0.195 e. The van der Waals surface area contributed by atoms with Crippen LogP contribution in [0.5, 0.6) is 0 Å². The normalized spacial score (nSPS) is 14.0. The smallest absolute Gasteiger partial charge is 0.195 e. The predicted octanol–water partition coefficient (Wildman–Crippen LogP) is 2.56. The first kappa shape index (κ1) is 17.8. The number of nitrogens with two attached hydrogens (primary N) is 2. The Morgan fingerprint density at radius 3 is 2.28 bits per heavy atom. The van der Waals surface area contributed by atoms with E-state index in [1.165, 1.54) is 0 Å². The topological polar surface area (TPSA) is 69.1 Å². The van der Waals surface area contributed by atoms with Crippen LogP contribution in [0.4, 0.5) is 0 Å². The van der Waals surface area contributed by atoms with Crippen LogP contribution in [0.15, 0.2) is 42.0 Å². The van der Waals surface area contributed by atoms with Crippen molar-refractivity contribution in [3.05, 3.63) is 53.1 Å². The van der Waals surface area contributed by atoms with Gasteiger partial charge in [-0.05, 0) is 23.4 Å². The summed E-state index contributed by atoms with van der Waals surface area (Å²) in [4.78, 5) is 13.2. The molecule has 2 aromatic rings. The number of nitrogens with zero attached hydrogens (tertiary/aromatic N) is 1. The molecule has 25 heavy (non-hydrogen) atoms. The number of carbonyl (C=O) groups excluding carboxylic acids is 1. The highest BCUT2D eigenvalue weighted by molar-refractivity contribution is 6.22. The first-order valence-corrected chi connectivity index (χ1v) is 9.16. The van der Waals surface area contributed by atoms with Gasteiger partial charge in [0.05, 0.1) is 25.2 Å². The average molecular weight is 338 g/mol. The van der Waals surface area contributed by atoms with E-state index in [1.807, 2.05) is 12.1 Å². The summed E-state index contributed by atoms with van der Waals surface area (Å²) < 4.78 is 0.791. The molecule has 1 aliphatic carbocycles. The van der Waals surface area contributed by atoms with Gasteiger partial charge in [-0.15, -0.1) is 0 Å². The van der Waals surface area contributed by atoms with Crippen molar-refractivity contribution in [1.82, 2.24) is 0 Å². The van der Waals surface area contributed by atoms with Gasteiger partial charge in [-0.2, -0.15) is 0 Å². The van der Waals surface area contributed by atoms with Crippen LogP contribution in [0.1, 0.15) is 29.3 Å². The van der Waals surface area contributed by atoms with Crippen molar-refractivity contribution < 1.29 is 9.28 Å². The molecule has 0 spiro atoms. The van der Waals surface area contributed by atoms with Gasteiger partial charge >= 0.3 is 0 Å². The van der Waals surface area contributed by atoms with Crippen molar-refractivity contribution in [1.29, 1.82) is 0 Å². The van der Waals surface area contributed by atoms with Gasteiger partial charge in [0.15, 0.2) is 5.78 Å². The summed E-state index contributed by atoms with van der Waals surface area (Å²) in [5, 5.41) is 2.20. The molecule has 0 atom stereocenters. The maximum atomic E-state index is 13.2. The summed E-state index contributed by atoms with van der Waals surface area (Å²) in [7, 11) is 0. The number of ketones is 1. The summed E-state index contributed by atoms with van der Waals surface area (Å²) in [5.74, 6) is 0.150. The average Bonchev–Trinajstić information content (AvgIpc) is 2.60. The predicted molar refractivity (Wildman–Crippen MR) is 104 cm³/mol. The van der Waals surface area contributed by atoms with E-state index < -0.39 is 0 Å². The van der Waals surface area contributed by atoms with Crippen LogP contribution in [0, 0.1) is 0 Å². The molecule has 3 rings (SSSR count). The largest absolute Gasteiger partial charge is 0.326 e. The zero-order valence-electron chi connectivity index (χ0n) is 15.0. The summed E-state index contributed by atoms with van der Waals surface area (Å²) in [6, 6.07) is 12.2. The fourth-order valence-electron chi connectivity index (χ4n) is 4.18. The highest BCUT2D eigenvalue weighted by atomic mass is 16.1. The molecule has 0 heterocycles. The fourth-order valence-corrected chi connectivity index (χ4v) is 4.18. The van der Waals surface area contributed by atoms with Gasteiger partial charge in [-0.25, -0.2) is 0 Å². The molecule has 1 aliphatic rings. The number of benzene rings is 2. The Balaban J connectivity index is 2.03. The van der Waals surface area contributed by atoms with Gasteiger partial charge in [-0.1, -0.05) is 43.3 Å². The number of quaternary nitrogens is 1. The quantitative estimate of drug-likeness (QED) is 0.727. The van der Waals surface area contributed by atoms with Crippen molar-refractivity contribution in [2.75, 3.05) is 39.3 Å². The van der Waals surface area contributed by atoms with Crippen molar-refractivity contribution in [2.24, 2.45) is 11.5 Å². The van der Waals surface area contributed by atoms with Crippen LogP contribution < -0.4 is 11.5 Å². The van der Waals surface area contributed by atoms with Gasteiger partial charge in [0, 0.05) is 24.0 Å². The minimum Gasteiger partial charge on any atom is -0.326 e. The summed E-state index contributed by atoms with van der Waals surface area (Å²) in [6.07, 6.45) is 3.13. The second-order valence-corrected chi connectivity index (χ2v) is 7.00. The van der Waals surface area contributed by atoms with Crippen molar-refractivity contribution in [3.8, 4) is 0 Å². The number of rotatable bonds is 8. The van der Waals surface area contributed by atoms with Crippen LogP contribution in [-0.4, -0.2) is 49.5 Å². The summed E-state index contributed by atoms with van der Waals surface area (Å²) >= 11 is 0. The zero-order chi connectivity index (χ0) is 17.9. The second kappa shape index (κ2) is 7.48. The Kier molecular flexibility index (Phi) is 5.33. The fraction of sp³-hybridized carbons (Fsp3) is 0.381. The Hall–Kier alpha value is -2.01. The Labute approximate surface area is 149 Å². The van der Waals surface area contributed by atoms with E-state index in [9.17, 15) is 4.79 Å².